The minimum absolute atomic E-state index is 0.0799. The number of fused-ring (bicyclic) bond motifs is 3. The fourth-order valence-electron chi connectivity index (χ4n) is 3.45. The zero-order valence-electron chi connectivity index (χ0n) is 14.3. The smallest absolute Gasteiger partial charge is 0.205 e. The van der Waals surface area contributed by atoms with E-state index in [1.807, 2.05) is 24.3 Å². The number of benzene rings is 3. The molecule has 1 unspecified atom stereocenters. The maximum absolute atomic E-state index is 14.6. The van der Waals surface area contributed by atoms with E-state index in [0.717, 1.165) is 22.9 Å². The van der Waals surface area contributed by atoms with Gasteiger partial charge in [-0.15, -0.1) is 0 Å². The molecule has 0 radical (unpaired) electrons. The van der Waals surface area contributed by atoms with E-state index in [-0.39, 0.29) is 17.0 Å². The summed E-state index contributed by atoms with van der Waals surface area (Å²) in [4.78, 5) is 0. The molecule has 3 aromatic carbocycles. The van der Waals surface area contributed by atoms with Crippen LogP contribution in [0.25, 0.3) is 10.8 Å². The average molecular weight is 364 g/mol. The Balaban J connectivity index is 2.05. The van der Waals surface area contributed by atoms with Crippen LogP contribution in [-0.2, 0) is 0 Å². The van der Waals surface area contributed by atoms with Gasteiger partial charge in [-0.2, -0.15) is 5.26 Å². The Morgan fingerprint density at radius 1 is 1.11 bits per heavy atom. The molecule has 6 heteroatoms. The van der Waals surface area contributed by atoms with Crippen LogP contribution in [0.1, 0.15) is 17.0 Å². The minimum atomic E-state index is -0.809. The molecule has 1 heterocycles. The lowest BCUT2D eigenvalue weighted by molar-refractivity contribution is 0.393. The number of halogens is 2. The van der Waals surface area contributed by atoms with Crippen LogP contribution in [-0.4, -0.2) is 7.11 Å². The molecular formula is C21H14F2N2O2. The van der Waals surface area contributed by atoms with Gasteiger partial charge in [0.15, 0.2) is 0 Å². The van der Waals surface area contributed by atoms with Crippen molar-refractivity contribution in [2.75, 3.05) is 7.11 Å². The standard InChI is InChI=1S/C21H14F2N2O2/c1-26-13-4-6-14-11(8-13)2-7-18-20(14)19(16(10-24)21(25)27-18)15-5-3-12(22)9-17(15)23/h2-9,19H,25H2,1H3. The molecule has 0 saturated carbocycles. The first kappa shape index (κ1) is 16.9. The monoisotopic (exact) mass is 364 g/mol. The number of hydrogen-bond donors (Lipinski definition) is 1. The fourth-order valence-corrected chi connectivity index (χ4v) is 3.45. The molecule has 4 nitrogen and oxygen atoms in total. The van der Waals surface area contributed by atoms with E-state index in [0.29, 0.717) is 17.1 Å². The topological polar surface area (TPSA) is 68.3 Å². The minimum Gasteiger partial charge on any atom is -0.497 e. The van der Waals surface area contributed by atoms with Crippen LogP contribution in [0.4, 0.5) is 8.78 Å². The third kappa shape index (κ3) is 2.64. The van der Waals surface area contributed by atoms with Crippen LogP contribution < -0.4 is 15.2 Å². The molecule has 0 bridgehead atoms. The summed E-state index contributed by atoms with van der Waals surface area (Å²) in [5.74, 6) is -1.25. The quantitative estimate of drug-likeness (QED) is 0.734. The molecule has 0 fully saturated rings. The summed E-state index contributed by atoms with van der Waals surface area (Å²) in [5.41, 5.74) is 6.76. The second-order valence-corrected chi connectivity index (χ2v) is 6.16. The Morgan fingerprint density at radius 2 is 1.93 bits per heavy atom. The van der Waals surface area contributed by atoms with Crippen LogP contribution in [0, 0.1) is 23.0 Å². The van der Waals surface area contributed by atoms with Gasteiger partial charge in [0.25, 0.3) is 0 Å². The number of allylic oxidation sites excluding steroid dienone is 1. The van der Waals surface area contributed by atoms with Gasteiger partial charge >= 0.3 is 0 Å². The number of nitriles is 1. The highest BCUT2D eigenvalue weighted by molar-refractivity contribution is 5.91. The lowest BCUT2D eigenvalue weighted by Gasteiger charge is -2.28. The highest BCUT2D eigenvalue weighted by Gasteiger charge is 2.34. The summed E-state index contributed by atoms with van der Waals surface area (Å²) in [7, 11) is 1.57. The molecule has 3 aromatic rings. The first-order chi connectivity index (χ1) is 13.0. The van der Waals surface area contributed by atoms with Gasteiger partial charge in [-0.25, -0.2) is 8.78 Å². The third-order valence-electron chi connectivity index (χ3n) is 4.69. The maximum Gasteiger partial charge on any atom is 0.205 e. The molecule has 0 spiro atoms. The van der Waals surface area contributed by atoms with Crippen molar-refractivity contribution in [2.24, 2.45) is 5.73 Å². The summed E-state index contributed by atoms with van der Waals surface area (Å²) in [6.07, 6.45) is 0. The van der Waals surface area contributed by atoms with Crippen LogP contribution >= 0.6 is 0 Å². The van der Waals surface area contributed by atoms with Crippen molar-refractivity contribution in [2.45, 2.75) is 5.92 Å². The van der Waals surface area contributed by atoms with Gasteiger partial charge in [-0.1, -0.05) is 18.2 Å². The predicted molar refractivity (Wildman–Crippen MR) is 96.2 cm³/mol. The van der Waals surface area contributed by atoms with Crippen LogP contribution in [0.3, 0.4) is 0 Å². The van der Waals surface area contributed by atoms with Gasteiger partial charge in [-0.3, -0.25) is 0 Å². The summed E-state index contributed by atoms with van der Waals surface area (Å²) in [5, 5.41) is 11.2. The lowest BCUT2D eigenvalue weighted by Crippen LogP contribution is -2.22. The molecule has 2 N–H and O–H groups in total. The van der Waals surface area contributed by atoms with E-state index >= 15 is 0 Å². The normalized spacial score (nSPS) is 15.9. The van der Waals surface area contributed by atoms with Gasteiger partial charge < -0.3 is 15.2 Å². The average Bonchev–Trinajstić information content (AvgIpc) is 2.66. The Labute approximate surface area is 154 Å². The zero-order valence-corrected chi connectivity index (χ0v) is 14.3. The first-order valence-corrected chi connectivity index (χ1v) is 8.16. The van der Waals surface area contributed by atoms with Crippen molar-refractivity contribution in [1.29, 1.82) is 5.26 Å². The van der Waals surface area contributed by atoms with Gasteiger partial charge in [0.2, 0.25) is 5.88 Å². The maximum atomic E-state index is 14.6. The van der Waals surface area contributed by atoms with Gasteiger partial charge in [0.1, 0.15) is 34.8 Å². The largest absolute Gasteiger partial charge is 0.497 e. The van der Waals surface area contributed by atoms with Gasteiger partial charge in [-0.05, 0) is 35.0 Å². The third-order valence-corrected chi connectivity index (χ3v) is 4.69. The Kier molecular flexibility index (Phi) is 3.93. The van der Waals surface area contributed by atoms with Crippen molar-refractivity contribution in [3.63, 3.8) is 0 Å². The first-order valence-electron chi connectivity index (χ1n) is 8.16. The molecule has 1 aliphatic heterocycles. The Hall–Kier alpha value is -3.59. The fraction of sp³-hybridized carbons (Fsp3) is 0.0952. The molecule has 0 aliphatic carbocycles. The molecule has 0 amide bonds. The summed E-state index contributed by atoms with van der Waals surface area (Å²) in [6, 6.07) is 14.3. The van der Waals surface area contributed by atoms with Crippen molar-refractivity contribution >= 4 is 10.8 Å². The van der Waals surface area contributed by atoms with E-state index < -0.39 is 17.6 Å². The van der Waals surface area contributed by atoms with E-state index in [1.165, 1.54) is 6.07 Å². The van der Waals surface area contributed by atoms with Crippen molar-refractivity contribution in [3.05, 3.63) is 82.7 Å². The molecule has 27 heavy (non-hydrogen) atoms. The lowest BCUT2D eigenvalue weighted by atomic mass is 9.81. The van der Waals surface area contributed by atoms with E-state index in [1.54, 1.807) is 19.2 Å². The molecule has 1 aliphatic rings. The van der Waals surface area contributed by atoms with Crippen molar-refractivity contribution in [1.82, 2.24) is 0 Å². The van der Waals surface area contributed by atoms with E-state index in [9.17, 15) is 14.0 Å². The summed E-state index contributed by atoms with van der Waals surface area (Å²) < 4.78 is 38.9. The number of ether oxygens (including phenoxy) is 2. The molecule has 134 valence electrons. The van der Waals surface area contributed by atoms with Crippen LogP contribution in [0.15, 0.2) is 60.0 Å². The number of hydrogen-bond acceptors (Lipinski definition) is 4. The molecule has 0 aromatic heterocycles. The van der Waals surface area contributed by atoms with Gasteiger partial charge in [0, 0.05) is 17.2 Å². The second-order valence-electron chi connectivity index (χ2n) is 6.16. The second kappa shape index (κ2) is 6.29. The molecule has 4 rings (SSSR count). The number of methoxy groups -OCH3 is 1. The molecule has 1 atom stereocenters. The number of nitrogens with zero attached hydrogens (tertiary/aromatic N) is 1. The number of nitrogens with two attached hydrogens (primary N) is 1. The Morgan fingerprint density at radius 3 is 2.63 bits per heavy atom. The SMILES string of the molecule is COc1ccc2c3c(ccc2c1)OC(N)=C(C#N)C3c1ccc(F)cc1F. The number of rotatable bonds is 2. The van der Waals surface area contributed by atoms with Crippen LogP contribution in [0.2, 0.25) is 0 Å². The van der Waals surface area contributed by atoms with Gasteiger partial charge in [0.05, 0.1) is 13.0 Å². The van der Waals surface area contributed by atoms with E-state index in [2.05, 4.69) is 0 Å². The molecule has 0 saturated heterocycles. The van der Waals surface area contributed by atoms with Crippen molar-refractivity contribution < 1.29 is 18.3 Å². The highest BCUT2D eigenvalue weighted by Crippen LogP contribution is 2.46. The zero-order chi connectivity index (χ0) is 19.1. The predicted octanol–water partition coefficient (Wildman–Crippen LogP) is 4.34. The molecular weight excluding hydrogens is 350 g/mol. The Bertz CT molecular complexity index is 1150. The van der Waals surface area contributed by atoms with Crippen LogP contribution in [0.5, 0.6) is 11.5 Å². The highest BCUT2D eigenvalue weighted by atomic mass is 19.1. The summed E-state index contributed by atoms with van der Waals surface area (Å²) in [6.45, 7) is 0. The van der Waals surface area contributed by atoms with E-state index in [4.69, 9.17) is 15.2 Å². The summed E-state index contributed by atoms with van der Waals surface area (Å²) >= 11 is 0. The van der Waals surface area contributed by atoms with Crippen molar-refractivity contribution in [3.8, 4) is 17.6 Å².